The number of ether oxygens (including phenoxy) is 4. The van der Waals surface area contributed by atoms with Crippen molar-refractivity contribution in [3.63, 3.8) is 0 Å². The van der Waals surface area contributed by atoms with Crippen LogP contribution in [-0.2, 0) is 0 Å². The van der Waals surface area contributed by atoms with Gasteiger partial charge in [0.05, 0.1) is 33.6 Å². The Morgan fingerprint density at radius 3 is 2.12 bits per heavy atom. The zero-order chi connectivity index (χ0) is 23.9. The lowest BCUT2D eigenvalue weighted by Gasteiger charge is -2.15. The molecule has 8 heteroatoms. The molecule has 0 saturated heterocycles. The number of rotatable bonds is 10. The zero-order valence-corrected chi connectivity index (χ0v) is 20.5. The molecule has 0 amide bonds. The summed E-state index contributed by atoms with van der Waals surface area (Å²) in [5, 5.41) is 9.75. The smallest absolute Gasteiger partial charge is 0.196 e. The Kier molecular flexibility index (Phi) is 7.59. The second kappa shape index (κ2) is 11.0. The number of benzene rings is 3. The van der Waals surface area contributed by atoms with Crippen molar-refractivity contribution in [2.45, 2.75) is 12.1 Å². The normalized spacial score (nSPS) is 10.7. The molecule has 7 nitrogen and oxygen atoms in total. The van der Waals surface area contributed by atoms with Crippen LogP contribution in [0.5, 0.6) is 23.0 Å². The minimum Gasteiger partial charge on any atom is -0.497 e. The first-order valence-corrected chi connectivity index (χ1v) is 11.8. The van der Waals surface area contributed by atoms with Gasteiger partial charge in [-0.05, 0) is 43.3 Å². The van der Waals surface area contributed by atoms with Gasteiger partial charge in [-0.1, -0.05) is 41.6 Å². The van der Waals surface area contributed by atoms with E-state index in [1.54, 1.807) is 33.1 Å². The fourth-order valence-electron chi connectivity index (χ4n) is 3.41. The molecule has 0 bridgehead atoms. The molecule has 4 aromatic rings. The van der Waals surface area contributed by atoms with E-state index in [4.69, 9.17) is 18.9 Å². The molecule has 34 heavy (non-hydrogen) atoms. The summed E-state index contributed by atoms with van der Waals surface area (Å²) in [4.78, 5) is 0. The first kappa shape index (κ1) is 23.5. The summed E-state index contributed by atoms with van der Waals surface area (Å²) in [6.45, 7) is 2.57. The van der Waals surface area contributed by atoms with Crippen LogP contribution in [0.25, 0.3) is 17.1 Å². The van der Waals surface area contributed by atoms with Gasteiger partial charge in [0.25, 0.3) is 0 Å². The highest BCUT2D eigenvalue weighted by Gasteiger charge is 2.20. The van der Waals surface area contributed by atoms with Crippen molar-refractivity contribution in [1.29, 1.82) is 0 Å². The summed E-state index contributed by atoms with van der Waals surface area (Å²) in [7, 11) is 4.94. The van der Waals surface area contributed by atoms with Gasteiger partial charge in [0.2, 0.25) is 0 Å². The van der Waals surface area contributed by atoms with Gasteiger partial charge in [0.15, 0.2) is 11.0 Å². The van der Waals surface area contributed by atoms with Crippen molar-refractivity contribution in [3.05, 3.63) is 72.3 Å². The summed E-state index contributed by atoms with van der Waals surface area (Å²) in [6.07, 6.45) is 0. The third kappa shape index (κ3) is 5.28. The topological polar surface area (TPSA) is 67.6 Å². The quantitative estimate of drug-likeness (QED) is 0.223. The van der Waals surface area contributed by atoms with Gasteiger partial charge in [-0.3, -0.25) is 4.57 Å². The Morgan fingerprint density at radius 2 is 1.44 bits per heavy atom. The molecule has 4 rings (SSSR count). The summed E-state index contributed by atoms with van der Waals surface area (Å²) in [5.41, 5.74) is 2.95. The van der Waals surface area contributed by atoms with Crippen molar-refractivity contribution >= 4 is 11.8 Å². The number of nitrogens with zero attached hydrogens (tertiary/aromatic N) is 3. The van der Waals surface area contributed by atoms with Crippen molar-refractivity contribution in [2.24, 2.45) is 0 Å². The van der Waals surface area contributed by atoms with Crippen molar-refractivity contribution in [2.75, 3.05) is 33.7 Å². The maximum absolute atomic E-state index is 5.88. The summed E-state index contributed by atoms with van der Waals surface area (Å²) in [5.74, 6) is 4.42. The van der Waals surface area contributed by atoms with E-state index in [1.165, 1.54) is 5.56 Å². The molecular formula is C26H27N3O4S. The Bertz CT molecular complexity index is 1220. The van der Waals surface area contributed by atoms with E-state index in [1.807, 2.05) is 59.2 Å². The van der Waals surface area contributed by atoms with E-state index in [0.717, 1.165) is 39.5 Å². The van der Waals surface area contributed by atoms with Crippen molar-refractivity contribution in [3.8, 4) is 40.1 Å². The molecule has 0 spiro atoms. The Balaban J connectivity index is 1.61. The van der Waals surface area contributed by atoms with Crippen LogP contribution in [0.1, 0.15) is 5.56 Å². The SMILES string of the molecule is COc1ccc(OCCSc2nnc(-c3ccc(C)cc3)n2-c2cc(OC)ccc2OC)cc1. The van der Waals surface area contributed by atoms with Crippen LogP contribution in [0.15, 0.2) is 71.9 Å². The van der Waals surface area contributed by atoms with Crippen LogP contribution in [0.2, 0.25) is 0 Å². The first-order chi connectivity index (χ1) is 16.6. The fraction of sp³-hybridized carbons (Fsp3) is 0.231. The maximum Gasteiger partial charge on any atom is 0.196 e. The molecular weight excluding hydrogens is 450 g/mol. The molecule has 0 aliphatic rings. The summed E-state index contributed by atoms with van der Waals surface area (Å²) in [6, 6.07) is 21.4. The molecule has 0 saturated carbocycles. The molecule has 0 fully saturated rings. The second-order valence-corrected chi connectivity index (χ2v) is 8.48. The van der Waals surface area contributed by atoms with Crippen molar-refractivity contribution < 1.29 is 18.9 Å². The van der Waals surface area contributed by atoms with Gasteiger partial charge in [0, 0.05) is 17.4 Å². The molecule has 0 atom stereocenters. The maximum atomic E-state index is 5.88. The highest BCUT2D eigenvalue weighted by atomic mass is 32.2. The van der Waals surface area contributed by atoms with Gasteiger partial charge in [-0.15, -0.1) is 10.2 Å². The molecule has 0 unspecified atom stereocenters. The van der Waals surface area contributed by atoms with E-state index in [0.29, 0.717) is 18.1 Å². The Labute approximate surface area is 203 Å². The lowest BCUT2D eigenvalue weighted by molar-refractivity contribution is 0.342. The van der Waals surface area contributed by atoms with Crippen molar-refractivity contribution in [1.82, 2.24) is 14.8 Å². The molecule has 3 aromatic carbocycles. The average Bonchev–Trinajstić information content (AvgIpc) is 3.30. The molecule has 176 valence electrons. The number of aromatic nitrogens is 3. The predicted molar refractivity (Wildman–Crippen MR) is 134 cm³/mol. The van der Waals surface area contributed by atoms with Gasteiger partial charge in [-0.25, -0.2) is 0 Å². The van der Waals surface area contributed by atoms with E-state index in [2.05, 4.69) is 29.3 Å². The van der Waals surface area contributed by atoms with Crippen LogP contribution in [0.3, 0.4) is 0 Å². The van der Waals surface area contributed by atoms with E-state index in [-0.39, 0.29) is 0 Å². The molecule has 1 heterocycles. The third-order valence-electron chi connectivity index (χ3n) is 5.21. The Hall–Kier alpha value is -3.65. The Morgan fingerprint density at radius 1 is 0.765 bits per heavy atom. The second-order valence-electron chi connectivity index (χ2n) is 7.42. The minimum atomic E-state index is 0.513. The van der Waals surface area contributed by atoms with Gasteiger partial charge in [0.1, 0.15) is 23.0 Å². The van der Waals surface area contributed by atoms with Gasteiger partial charge >= 0.3 is 0 Å². The summed E-state index contributed by atoms with van der Waals surface area (Å²) >= 11 is 1.56. The van der Waals surface area contributed by atoms with Crippen LogP contribution < -0.4 is 18.9 Å². The molecule has 0 N–H and O–H groups in total. The van der Waals surface area contributed by atoms with Crippen LogP contribution in [-0.4, -0.2) is 48.5 Å². The molecule has 0 radical (unpaired) electrons. The lowest BCUT2D eigenvalue weighted by Crippen LogP contribution is -2.05. The first-order valence-electron chi connectivity index (χ1n) is 10.8. The zero-order valence-electron chi connectivity index (χ0n) is 19.6. The van der Waals surface area contributed by atoms with E-state index < -0.39 is 0 Å². The van der Waals surface area contributed by atoms with Crippen LogP contribution in [0.4, 0.5) is 0 Å². The highest BCUT2D eigenvalue weighted by molar-refractivity contribution is 7.99. The molecule has 0 aliphatic carbocycles. The number of aryl methyl sites for hydroxylation is 1. The van der Waals surface area contributed by atoms with Gasteiger partial charge in [-0.2, -0.15) is 0 Å². The standard InChI is InChI=1S/C26H27N3O4S/c1-18-5-7-19(8-6-18)25-27-28-26(29(25)23-17-22(31-3)13-14-24(23)32-4)34-16-15-33-21-11-9-20(30-2)10-12-21/h5-14,17H,15-16H2,1-4H3. The summed E-state index contributed by atoms with van der Waals surface area (Å²) < 4.78 is 24.2. The molecule has 0 aliphatic heterocycles. The molecule has 1 aromatic heterocycles. The number of hydrogen-bond donors (Lipinski definition) is 0. The number of methoxy groups -OCH3 is 3. The highest BCUT2D eigenvalue weighted by Crippen LogP contribution is 2.35. The minimum absolute atomic E-state index is 0.513. The van der Waals surface area contributed by atoms with Gasteiger partial charge < -0.3 is 18.9 Å². The third-order valence-corrected chi connectivity index (χ3v) is 6.11. The largest absolute Gasteiger partial charge is 0.497 e. The average molecular weight is 478 g/mol. The van der Waals surface area contributed by atoms with Crippen LogP contribution in [0, 0.1) is 6.92 Å². The van der Waals surface area contributed by atoms with E-state index in [9.17, 15) is 0 Å². The van der Waals surface area contributed by atoms with Crippen LogP contribution >= 0.6 is 11.8 Å². The number of thioether (sulfide) groups is 1. The fourth-order valence-corrected chi connectivity index (χ4v) is 4.17. The predicted octanol–water partition coefficient (Wildman–Crippen LogP) is 5.44. The monoisotopic (exact) mass is 477 g/mol. The van der Waals surface area contributed by atoms with E-state index >= 15 is 0 Å². The lowest BCUT2D eigenvalue weighted by atomic mass is 10.1. The number of hydrogen-bond acceptors (Lipinski definition) is 7.